The Morgan fingerprint density at radius 1 is 0.966 bits per heavy atom. The fraction of sp³-hybridized carbons (Fsp3) is 0.200. The van der Waals surface area contributed by atoms with Gasteiger partial charge < -0.3 is 15.2 Å². The van der Waals surface area contributed by atoms with Crippen LogP contribution in [0.1, 0.15) is 17.0 Å². The number of nitrogens with one attached hydrogen (secondary N) is 2. The van der Waals surface area contributed by atoms with Crippen LogP contribution >= 0.6 is 24.0 Å². The van der Waals surface area contributed by atoms with Gasteiger partial charge in [-0.05, 0) is 23.3 Å². The minimum atomic E-state index is 0. The number of nitrogens with zero attached hydrogens (tertiary/aromatic N) is 6. The predicted molar refractivity (Wildman–Crippen MR) is 123 cm³/mol. The summed E-state index contributed by atoms with van der Waals surface area (Å²) in [5.74, 6) is 1.55. The van der Waals surface area contributed by atoms with E-state index in [-0.39, 0.29) is 24.0 Å². The molecule has 0 spiro atoms. The highest BCUT2D eigenvalue weighted by Crippen LogP contribution is 2.06. The number of guanidine groups is 1. The fourth-order valence-electron chi connectivity index (χ4n) is 2.93. The number of pyridine rings is 1. The van der Waals surface area contributed by atoms with Gasteiger partial charge in [0.2, 0.25) is 0 Å². The van der Waals surface area contributed by atoms with Crippen LogP contribution in [0.3, 0.4) is 0 Å². The molecule has 0 atom stereocenters. The van der Waals surface area contributed by atoms with Gasteiger partial charge in [-0.3, -0.25) is 9.39 Å². The quantitative estimate of drug-likeness (QED) is 0.241. The first-order valence-corrected chi connectivity index (χ1v) is 9.08. The van der Waals surface area contributed by atoms with E-state index in [1.165, 1.54) is 11.1 Å². The highest BCUT2D eigenvalue weighted by molar-refractivity contribution is 14.0. The van der Waals surface area contributed by atoms with Crippen LogP contribution in [0.25, 0.3) is 5.65 Å². The van der Waals surface area contributed by atoms with Crippen molar-refractivity contribution in [2.45, 2.75) is 19.6 Å². The molecule has 4 aromatic rings. The van der Waals surface area contributed by atoms with E-state index in [2.05, 4.69) is 55.1 Å². The molecule has 0 fully saturated rings. The van der Waals surface area contributed by atoms with Crippen molar-refractivity contribution in [2.75, 3.05) is 7.05 Å². The Kier molecular flexibility index (Phi) is 7.17. The second-order valence-corrected chi connectivity index (χ2v) is 6.38. The molecule has 9 heteroatoms. The van der Waals surface area contributed by atoms with Crippen LogP contribution in [-0.4, -0.2) is 37.2 Å². The zero-order chi connectivity index (χ0) is 19.2. The Bertz CT molecular complexity index is 1050. The third-order valence-corrected chi connectivity index (χ3v) is 4.43. The zero-order valence-electron chi connectivity index (χ0n) is 16.1. The van der Waals surface area contributed by atoms with Gasteiger partial charge in [0.1, 0.15) is 0 Å². The third-order valence-electron chi connectivity index (χ3n) is 4.43. The Morgan fingerprint density at radius 2 is 1.76 bits per heavy atom. The zero-order valence-corrected chi connectivity index (χ0v) is 18.4. The van der Waals surface area contributed by atoms with Gasteiger partial charge in [-0.15, -0.1) is 34.2 Å². The summed E-state index contributed by atoms with van der Waals surface area (Å²) in [7, 11) is 1.76. The molecule has 3 aromatic heterocycles. The lowest BCUT2D eigenvalue weighted by atomic mass is 10.1. The molecule has 1 aromatic carbocycles. The van der Waals surface area contributed by atoms with Gasteiger partial charge in [0.25, 0.3) is 0 Å². The van der Waals surface area contributed by atoms with Crippen molar-refractivity contribution in [1.29, 1.82) is 0 Å². The lowest BCUT2D eigenvalue weighted by Crippen LogP contribution is -2.36. The van der Waals surface area contributed by atoms with Crippen molar-refractivity contribution in [1.82, 2.24) is 34.8 Å². The van der Waals surface area contributed by atoms with E-state index in [1.807, 2.05) is 45.9 Å². The normalized spacial score (nSPS) is 11.3. The number of hydrogen-bond donors (Lipinski definition) is 2. The minimum Gasteiger partial charge on any atom is -0.352 e. The molecule has 0 radical (unpaired) electrons. The highest BCUT2D eigenvalue weighted by atomic mass is 127. The molecule has 3 heterocycles. The number of imidazole rings is 1. The molecule has 0 saturated heterocycles. The van der Waals surface area contributed by atoms with E-state index in [1.54, 1.807) is 13.2 Å². The molecule has 2 N–H and O–H groups in total. The lowest BCUT2D eigenvalue weighted by molar-refractivity contribution is 0.761. The average Bonchev–Trinajstić information content (AvgIpc) is 3.39. The van der Waals surface area contributed by atoms with Crippen LogP contribution in [0, 0.1) is 0 Å². The Morgan fingerprint density at radius 3 is 2.52 bits per heavy atom. The number of fused-ring (bicyclic) bond motifs is 1. The summed E-state index contributed by atoms with van der Waals surface area (Å²) in [5.41, 5.74) is 3.26. The summed E-state index contributed by atoms with van der Waals surface area (Å²) in [6.07, 6.45) is 7.53. The van der Waals surface area contributed by atoms with Crippen LogP contribution in [0.4, 0.5) is 0 Å². The maximum atomic E-state index is 4.28. The standard InChI is InChI=1S/C20H22N8.HI/c1-21-20(24-13-19-26-25-18-4-2-3-10-28(18)19)23-12-16-5-7-17(8-6-16)14-27-11-9-22-15-27;/h2-11,15H,12-14H2,1H3,(H2,21,23,24);1H. The van der Waals surface area contributed by atoms with Gasteiger partial charge in [-0.1, -0.05) is 30.3 Å². The van der Waals surface area contributed by atoms with E-state index >= 15 is 0 Å². The first kappa shape index (κ1) is 20.8. The maximum absolute atomic E-state index is 4.28. The molecular formula is C20H23IN8. The molecule has 0 aliphatic rings. The van der Waals surface area contributed by atoms with Crippen molar-refractivity contribution in [3.63, 3.8) is 0 Å². The second-order valence-electron chi connectivity index (χ2n) is 6.38. The lowest BCUT2D eigenvalue weighted by Gasteiger charge is -2.12. The number of rotatable bonds is 6. The highest BCUT2D eigenvalue weighted by Gasteiger charge is 2.05. The summed E-state index contributed by atoms with van der Waals surface area (Å²) < 4.78 is 4.01. The van der Waals surface area contributed by atoms with Crippen molar-refractivity contribution >= 4 is 35.6 Å². The number of benzene rings is 1. The number of aliphatic imine (C=N–C) groups is 1. The van der Waals surface area contributed by atoms with E-state index in [0.29, 0.717) is 13.1 Å². The fourth-order valence-corrected chi connectivity index (χ4v) is 2.93. The van der Waals surface area contributed by atoms with Gasteiger partial charge >= 0.3 is 0 Å². The predicted octanol–water partition coefficient (Wildman–Crippen LogP) is 2.46. The summed E-state index contributed by atoms with van der Waals surface area (Å²) in [6, 6.07) is 14.4. The van der Waals surface area contributed by atoms with Crippen molar-refractivity contribution in [3.05, 3.63) is 84.3 Å². The molecule has 29 heavy (non-hydrogen) atoms. The molecule has 8 nitrogen and oxygen atoms in total. The van der Waals surface area contributed by atoms with Crippen LogP contribution in [0.5, 0.6) is 0 Å². The average molecular weight is 502 g/mol. The molecule has 0 saturated carbocycles. The van der Waals surface area contributed by atoms with Crippen LogP contribution in [0.2, 0.25) is 0 Å². The van der Waals surface area contributed by atoms with E-state index in [9.17, 15) is 0 Å². The smallest absolute Gasteiger partial charge is 0.191 e. The molecule has 0 amide bonds. The van der Waals surface area contributed by atoms with E-state index in [4.69, 9.17) is 0 Å². The Balaban J connectivity index is 0.00000240. The van der Waals surface area contributed by atoms with Gasteiger partial charge in [-0.25, -0.2) is 4.98 Å². The molecule has 0 aliphatic heterocycles. The monoisotopic (exact) mass is 502 g/mol. The summed E-state index contributed by atoms with van der Waals surface area (Å²) in [6.45, 7) is 2.05. The van der Waals surface area contributed by atoms with Crippen LogP contribution in [0.15, 0.2) is 72.4 Å². The second kappa shape index (κ2) is 10.0. The molecule has 4 rings (SSSR count). The molecule has 0 aliphatic carbocycles. The summed E-state index contributed by atoms with van der Waals surface area (Å²) in [4.78, 5) is 8.35. The van der Waals surface area contributed by atoms with Crippen LogP contribution in [-0.2, 0) is 19.6 Å². The largest absolute Gasteiger partial charge is 0.352 e. The van der Waals surface area contributed by atoms with Gasteiger partial charge in [-0.2, -0.15) is 0 Å². The number of aromatic nitrogens is 5. The maximum Gasteiger partial charge on any atom is 0.191 e. The minimum absolute atomic E-state index is 0. The van der Waals surface area contributed by atoms with Crippen molar-refractivity contribution < 1.29 is 0 Å². The molecule has 150 valence electrons. The number of hydrogen-bond acceptors (Lipinski definition) is 4. The summed E-state index contributed by atoms with van der Waals surface area (Å²) >= 11 is 0. The van der Waals surface area contributed by atoms with Gasteiger partial charge in [0.05, 0.1) is 12.9 Å². The van der Waals surface area contributed by atoms with E-state index in [0.717, 1.165) is 24.0 Å². The van der Waals surface area contributed by atoms with Gasteiger partial charge in [0, 0.05) is 38.7 Å². The molecular weight excluding hydrogens is 479 g/mol. The van der Waals surface area contributed by atoms with Crippen molar-refractivity contribution in [2.24, 2.45) is 4.99 Å². The third kappa shape index (κ3) is 5.31. The molecule has 0 unspecified atom stereocenters. The Labute approximate surface area is 186 Å². The van der Waals surface area contributed by atoms with Gasteiger partial charge in [0.15, 0.2) is 17.4 Å². The first-order valence-electron chi connectivity index (χ1n) is 9.08. The molecule has 0 bridgehead atoms. The van der Waals surface area contributed by atoms with Crippen LogP contribution < -0.4 is 10.6 Å². The summed E-state index contributed by atoms with van der Waals surface area (Å²) in [5, 5.41) is 15.0. The SMILES string of the molecule is CN=C(NCc1ccc(Cn2ccnc2)cc1)NCc1nnc2ccccn12.I. The Hall–Kier alpha value is -2.95. The van der Waals surface area contributed by atoms with E-state index < -0.39 is 0 Å². The first-order chi connectivity index (χ1) is 13.8. The number of halogens is 1. The topological polar surface area (TPSA) is 84.4 Å². The van der Waals surface area contributed by atoms with Crippen molar-refractivity contribution in [3.8, 4) is 0 Å².